The third kappa shape index (κ3) is 5.83. The van der Waals surface area contributed by atoms with Gasteiger partial charge in [0.1, 0.15) is 0 Å². The van der Waals surface area contributed by atoms with Gasteiger partial charge in [-0.15, -0.1) is 0 Å². The van der Waals surface area contributed by atoms with Crippen LogP contribution in [0.4, 0.5) is 16.2 Å². The van der Waals surface area contributed by atoms with Crippen LogP contribution in [-0.2, 0) is 11.3 Å². The van der Waals surface area contributed by atoms with Gasteiger partial charge in [0.15, 0.2) is 0 Å². The quantitative estimate of drug-likeness (QED) is 0.395. The van der Waals surface area contributed by atoms with Gasteiger partial charge in [-0.25, -0.2) is 4.79 Å². The summed E-state index contributed by atoms with van der Waals surface area (Å²) in [5, 5.41) is 14.5. The van der Waals surface area contributed by atoms with Crippen LogP contribution in [0.5, 0.6) is 0 Å². The van der Waals surface area contributed by atoms with E-state index in [-0.39, 0.29) is 36.9 Å². The molecule has 4 amide bonds. The maximum absolute atomic E-state index is 13.2. The number of carboxylic acid groups (broad SMARTS) is 1. The minimum atomic E-state index is -0.979. The number of nitrogens with zero attached hydrogens (tertiary/aromatic N) is 2. The molecule has 1 aliphatic heterocycles. The lowest BCUT2D eigenvalue weighted by Gasteiger charge is -2.25. The second kappa shape index (κ2) is 11.2. The van der Waals surface area contributed by atoms with Crippen LogP contribution in [0.15, 0.2) is 66.7 Å². The summed E-state index contributed by atoms with van der Waals surface area (Å²) in [4.78, 5) is 52.2. The number of carbonyl (C=O) groups excluding carboxylic acids is 3. The van der Waals surface area contributed by atoms with Gasteiger partial charge in [0.05, 0.1) is 12.5 Å². The summed E-state index contributed by atoms with van der Waals surface area (Å²) in [5.74, 6) is -1.48. The molecule has 9 nitrogen and oxygen atoms in total. The largest absolute Gasteiger partial charge is 0.481 e. The molecule has 0 radical (unpaired) electrons. The second-order valence-electron chi connectivity index (χ2n) is 9.37. The van der Waals surface area contributed by atoms with Crippen LogP contribution in [0.25, 0.3) is 0 Å². The molecule has 1 heterocycles. The van der Waals surface area contributed by atoms with Crippen molar-refractivity contribution in [2.75, 3.05) is 24.2 Å². The van der Waals surface area contributed by atoms with Gasteiger partial charge in [-0.3, -0.25) is 14.4 Å². The second-order valence-corrected chi connectivity index (χ2v) is 9.37. The zero-order valence-electron chi connectivity index (χ0n) is 21.5. The van der Waals surface area contributed by atoms with Crippen molar-refractivity contribution in [3.63, 3.8) is 0 Å². The molecule has 0 saturated carbocycles. The van der Waals surface area contributed by atoms with Crippen molar-refractivity contribution >= 4 is 35.2 Å². The highest BCUT2D eigenvalue weighted by molar-refractivity contribution is 6.02. The van der Waals surface area contributed by atoms with Gasteiger partial charge in [0, 0.05) is 42.6 Å². The van der Waals surface area contributed by atoms with Crippen molar-refractivity contribution in [2.24, 2.45) is 0 Å². The predicted octanol–water partition coefficient (Wildman–Crippen LogP) is 4.90. The van der Waals surface area contributed by atoms with Crippen LogP contribution in [0.3, 0.4) is 0 Å². The molecule has 38 heavy (non-hydrogen) atoms. The van der Waals surface area contributed by atoms with Gasteiger partial charge in [-0.05, 0) is 60.9 Å². The lowest BCUT2D eigenvalue weighted by atomic mass is 10.1. The van der Waals surface area contributed by atoms with Crippen LogP contribution in [0, 0.1) is 6.92 Å². The summed E-state index contributed by atoms with van der Waals surface area (Å²) in [6.45, 7) is 4.35. The fourth-order valence-corrected chi connectivity index (χ4v) is 4.38. The monoisotopic (exact) mass is 514 g/mol. The number of benzene rings is 3. The van der Waals surface area contributed by atoms with E-state index in [2.05, 4.69) is 10.6 Å². The molecule has 0 saturated heterocycles. The molecule has 1 unspecified atom stereocenters. The number of aliphatic carboxylic acids is 1. The number of fused-ring (bicyclic) bond motifs is 1. The number of aryl methyl sites for hydroxylation is 1. The minimum absolute atomic E-state index is 0.0841. The highest BCUT2D eigenvalue weighted by atomic mass is 16.4. The summed E-state index contributed by atoms with van der Waals surface area (Å²) in [6, 6.07) is 19.3. The van der Waals surface area contributed by atoms with Crippen LogP contribution >= 0.6 is 0 Å². The number of amides is 4. The first-order valence-electron chi connectivity index (χ1n) is 12.3. The number of anilines is 2. The van der Waals surface area contributed by atoms with E-state index in [9.17, 15) is 19.2 Å². The summed E-state index contributed by atoms with van der Waals surface area (Å²) in [7, 11) is 1.54. The summed E-state index contributed by atoms with van der Waals surface area (Å²) >= 11 is 0. The SMILES string of the molecule is Cc1ccccc1NC(=O)Nc1ccc(C(C)N2Cc3ccc(C(=O)N(C)CCC(=O)O)cc3C2=O)cc1. The highest BCUT2D eigenvalue weighted by Crippen LogP contribution is 2.32. The molecule has 0 aromatic heterocycles. The summed E-state index contributed by atoms with van der Waals surface area (Å²) < 4.78 is 0. The number of rotatable bonds is 8. The Kier molecular flexibility index (Phi) is 7.76. The van der Waals surface area contributed by atoms with Crippen molar-refractivity contribution in [2.45, 2.75) is 32.9 Å². The maximum Gasteiger partial charge on any atom is 0.323 e. The van der Waals surface area contributed by atoms with Crippen molar-refractivity contribution in [1.29, 1.82) is 0 Å². The predicted molar refractivity (Wildman–Crippen MR) is 144 cm³/mol. The van der Waals surface area contributed by atoms with E-state index in [1.54, 1.807) is 42.3 Å². The molecule has 3 aromatic carbocycles. The van der Waals surface area contributed by atoms with Crippen LogP contribution < -0.4 is 10.6 Å². The Morgan fingerprint density at radius 3 is 2.42 bits per heavy atom. The Hall–Kier alpha value is -4.66. The van der Waals surface area contributed by atoms with Crippen LogP contribution in [-0.4, -0.2) is 52.3 Å². The van der Waals surface area contributed by atoms with E-state index >= 15 is 0 Å². The third-order valence-electron chi connectivity index (χ3n) is 6.71. The van der Waals surface area contributed by atoms with E-state index in [1.165, 1.54) is 4.90 Å². The van der Waals surface area contributed by atoms with Gasteiger partial charge >= 0.3 is 12.0 Å². The van der Waals surface area contributed by atoms with Gasteiger partial charge in [-0.1, -0.05) is 36.4 Å². The zero-order chi connectivity index (χ0) is 27.4. The molecule has 0 fully saturated rings. The highest BCUT2D eigenvalue weighted by Gasteiger charge is 2.32. The average molecular weight is 515 g/mol. The molecular weight excluding hydrogens is 484 g/mol. The average Bonchev–Trinajstić information content (AvgIpc) is 3.23. The fraction of sp³-hybridized carbons (Fsp3) is 0.241. The van der Waals surface area contributed by atoms with Gasteiger partial charge < -0.3 is 25.5 Å². The smallest absolute Gasteiger partial charge is 0.323 e. The first kappa shape index (κ1) is 26.4. The molecule has 3 aromatic rings. The normalized spacial score (nSPS) is 13.0. The standard InChI is InChI=1S/C29H30N4O5/c1-18-6-4-5-7-25(18)31-29(38)30-23-12-10-20(11-13-23)19(2)33-17-22-9-8-21(16-24(22)28(33)37)27(36)32(3)15-14-26(34)35/h4-13,16,19H,14-15,17H2,1-3H3,(H,34,35)(H2,30,31,38). The number of para-hydroxylation sites is 1. The van der Waals surface area contributed by atoms with Crippen molar-refractivity contribution in [3.8, 4) is 0 Å². The van der Waals surface area contributed by atoms with Gasteiger partial charge in [0.25, 0.3) is 11.8 Å². The minimum Gasteiger partial charge on any atom is -0.481 e. The summed E-state index contributed by atoms with van der Waals surface area (Å²) in [6.07, 6.45) is -0.150. The molecule has 0 bridgehead atoms. The molecule has 0 spiro atoms. The van der Waals surface area contributed by atoms with Crippen LogP contribution in [0.2, 0.25) is 0 Å². The van der Waals surface area contributed by atoms with Crippen molar-refractivity contribution < 1.29 is 24.3 Å². The lowest BCUT2D eigenvalue weighted by molar-refractivity contribution is -0.137. The van der Waals surface area contributed by atoms with E-state index in [1.807, 2.05) is 50.2 Å². The topological polar surface area (TPSA) is 119 Å². The molecule has 1 aliphatic rings. The Morgan fingerprint density at radius 1 is 1.03 bits per heavy atom. The number of hydrogen-bond acceptors (Lipinski definition) is 4. The molecule has 3 N–H and O–H groups in total. The van der Waals surface area contributed by atoms with E-state index in [0.717, 1.165) is 22.4 Å². The summed E-state index contributed by atoms with van der Waals surface area (Å²) in [5.41, 5.74) is 4.88. The molecule has 1 atom stereocenters. The Morgan fingerprint density at radius 2 is 1.74 bits per heavy atom. The fourth-order valence-electron chi connectivity index (χ4n) is 4.38. The molecule has 9 heteroatoms. The van der Waals surface area contributed by atoms with E-state index in [0.29, 0.717) is 23.4 Å². The zero-order valence-corrected chi connectivity index (χ0v) is 21.5. The number of nitrogens with one attached hydrogen (secondary N) is 2. The van der Waals surface area contributed by atoms with E-state index in [4.69, 9.17) is 5.11 Å². The first-order chi connectivity index (χ1) is 18.1. The number of carboxylic acids is 1. The first-order valence-corrected chi connectivity index (χ1v) is 12.3. The number of hydrogen-bond donors (Lipinski definition) is 3. The van der Waals surface area contributed by atoms with E-state index < -0.39 is 5.97 Å². The Balaban J connectivity index is 1.40. The van der Waals surface area contributed by atoms with Crippen molar-refractivity contribution in [1.82, 2.24) is 9.80 Å². The molecule has 4 rings (SSSR count). The third-order valence-corrected chi connectivity index (χ3v) is 6.71. The number of urea groups is 1. The molecule has 0 aliphatic carbocycles. The molecular formula is C29H30N4O5. The maximum atomic E-state index is 13.2. The molecule has 196 valence electrons. The Labute approximate surface area is 221 Å². The van der Waals surface area contributed by atoms with Gasteiger partial charge in [0.2, 0.25) is 0 Å². The van der Waals surface area contributed by atoms with Gasteiger partial charge in [-0.2, -0.15) is 0 Å². The number of carbonyl (C=O) groups is 4. The lowest BCUT2D eigenvalue weighted by Crippen LogP contribution is -2.29. The Bertz CT molecular complexity index is 1390. The van der Waals surface area contributed by atoms with Crippen molar-refractivity contribution in [3.05, 3.63) is 94.5 Å². The van der Waals surface area contributed by atoms with Crippen LogP contribution in [0.1, 0.15) is 56.8 Å².